The molecule has 0 unspecified atom stereocenters. The van der Waals surface area contributed by atoms with Gasteiger partial charge in [0.1, 0.15) is 6.04 Å². The van der Waals surface area contributed by atoms with Gasteiger partial charge in [-0.25, -0.2) is 4.79 Å². The molecule has 3 amide bonds. The molecule has 0 saturated carbocycles. The fourth-order valence-corrected chi connectivity index (χ4v) is 3.31. The van der Waals surface area contributed by atoms with E-state index in [1.165, 1.54) is 4.90 Å². The number of carbonyl (C=O) groups is 2. The zero-order valence-corrected chi connectivity index (χ0v) is 15.4. The van der Waals surface area contributed by atoms with E-state index in [1.54, 1.807) is 22.9 Å². The average molecular weight is 381 g/mol. The first kappa shape index (κ1) is 17.8. The number of halogens is 2. The highest BCUT2D eigenvalue weighted by molar-refractivity contribution is 6.34. The molecule has 3 rings (SSSR count). The zero-order chi connectivity index (χ0) is 18.1. The zero-order valence-electron chi connectivity index (χ0n) is 13.9. The van der Waals surface area contributed by atoms with Crippen molar-refractivity contribution >= 4 is 35.1 Å². The van der Waals surface area contributed by atoms with Crippen molar-refractivity contribution in [2.45, 2.75) is 38.9 Å². The van der Waals surface area contributed by atoms with Crippen LogP contribution >= 0.6 is 23.2 Å². The van der Waals surface area contributed by atoms with Crippen molar-refractivity contribution in [3.63, 3.8) is 0 Å². The number of nitrogens with one attached hydrogen (secondary N) is 1. The molecule has 1 aromatic heterocycles. The van der Waals surface area contributed by atoms with E-state index >= 15 is 0 Å². The van der Waals surface area contributed by atoms with E-state index in [4.69, 9.17) is 23.2 Å². The van der Waals surface area contributed by atoms with Gasteiger partial charge in [-0.15, -0.1) is 0 Å². The Kier molecular flexibility index (Phi) is 5.01. The number of urea groups is 1. The topological polar surface area (TPSA) is 67.2 Å². The van der Waals surface area contributed by atoms with Gasteiger partial charge in [0.25, 0.3) is 5.91 Å². The lowest BCUT2D eigenvalue weighted by Gasteiger charge is -2.12. The lowest BCUT2D eigenvalue weighted by molar-refractivity contribution is -0.127. The second-order valence-corrected chi connectivity index (χ2v) is 7.16. The molecule has 6 nitrogen and oxygen atoms in total. The molecule has 0 bridgehead atoms. The summed E-state index contributed by atoms with van der Waals surface area (Å²) < 4.78 is 1.79. The summed E-state index contributed by atoms with van der Waals surface area (Å²) in [6, 6.07) is 6.08. The Labute approximate surface area is 155 Å². The van der Waals surface area contributed by atoms with Gasteiger partial charge in [0, 0.05) is 28.7 Å². The Bertz CT molecular complexity index is 798. The van der Waals surface area contributed by atoms with Crippen molar-refractivity contribution in [3.8, 4) is 0 Å². The Morgan fingerprint density at radius 3 is 2.48 bits per heavy atom. The molecule has 1 atom stereocenters. The predicted octanol–water partition coefficient (Wildman–Crippen LogP) is 3.43. The minimum atomic E-state index is -0.630. The molecule has 1 N–H and O–H groups in total. The molecule has 8 heteroatoms. The number of imide groups is 1. The van der Waals surface area contributed by atoms with Crippen LogP contribution in [0.25, 0.3) is 0 Å². The quantitative estimate of drug-likeness (QED) is 0.807. The van der Waals surface area contributed by atoms with Crippen molar-refractivity contribution in [2.75, 3.05) is 0 Å². The van der Waals surface area contributed by atoms with Gasteiger partial charge in [-0.1, -0.05) is 23.2 Å². The lowest BCUT2D eigenvalue weighted by atomic mass is 10.1. The summed E-state index contributed by atoms with van der Waals surface area (Å²) in [6.45, 7) is 4.17. The standard InChI is InChI=1S/C17H18Cl2N4O2/c1-10(2)23-4-3-14(21-23)9-22-16(24)15(20-17(22)25)7-11-5-12(18)8-13(19)6-11/h3-6,8,10,15H,7,9H2,1-2H3,(H,20,25)/t15-/m1/s1. The fraction of sp³-hybridized carbons (Fsp3) is 0.353. The number of amides is 3. The van der Waals surface area contributed by atoms with E-state index in [9.17, 15) is 9.59 Å². The van der Waals surface area contributed by atoms with Crippen molar-refractivity contribution in [1.29, 1.82) is 0 Å². The molecule has 1 aromatic carbocycles. The van der Waals surface area contributed by atoms with Crippen LogP contribution in [-0.4, -0.2) is 32.7 Å². The highest BCUT2D eigenvalue weighted by Gasteiger charge is 2.38. The van der Waals surface area contributed by atoms with Crippen LogP contribution in [0, 0.1) is 0 Å². The van der Waals surface area contributed by atoms with E-state index in [0.717, 1.165) is 5.56 Å². The second kappa shape index (κ2) is 7.06. The molecule has 0 radical (unpaired) electrons. The minimum absolute atomic E-state index is 0.150. The monoisotopic (exact) mass is 380 g/mol. The van der Waals surface area contributed by atoms with Gasteiger partial charge >= 0.3 is 6.03 Å². The third kappa shape index (κ3) is 3.96. The third-order valence-corrected chi connectivity index (χ3v) is 4.42. The first-order valence-corrected chi connectivity index (χ1v) is 8.70. The number of hydrogen-bond acceptors (Lipinski definition) is 3. The first-order valence-electron chi connectivity index (χ1n) is 7.94. The summed E-state index contributed by atoms with van der Waals surface area (Å²) in [6.07, 6.45) is 2.17. The Balaban J connectivity index is 1.71. The molecule has 1 fully saturated rings. The van der Waals surface area contributed by atoms with Crippen LogP contribution in [0.5, 0.6) is 0 Å². The average Bonchev–Trinajstić information content (AvgIpc) is 3.07. The van der Waals surface area contributed by atoms with Crippen molar-refractivity contribution in [1.82, 2.24) is 20.0 Å². The van der Waals surface area contributed by atoms with E-state index in [2.05, 4.69) is 10.4 Å². The predicted molar refractivity (Wildman–Crippen MR) is 95.6 cm³/mol. The maximum absolute atomic E-state index is 12.6. The SMILES string of the molecule is CC(C)n1ccc(CN2C(=O)N[C@H](Cc3cc(Cl)cc(Cl)c3)C2=O)n1. The van der Waals surface area contributed by atoms with E-state index in [1.807, 2.05) is 26.1 Å². The summed E-state index contributed by atoms with van der Waals surface area (Å²) in [5, 5.41) is 8.08. The maximum atomic E-state index is 12.6. The molecule has 0 aliphatic carbocycles. The smallest absolute Gasteiger partial charge is 0.325 e. The van der Waals surface area contributed by atoms with Crippen LogP contribution in [0.15, 0.2) is 30.5 Å². The molecule has 1 aliphatic heterocycles. The van der Waals surface area contributed by atoms with Gasteiger partial charge in [0.05, 0.1) is 12.2 Å². The van der Waals surface area contributed by atoms with E-state index in [0.29, 0.717) is 22.2 Å². The number of carbonyl (C=O) groups excluding carboxylic acids is 2. The Morgan fingerprint density at radius 2 is 1.88 bits per heavy atom. The van der Waals surface area contributed by atoms with Gasteiger partial charge in [-0.2, -0.15) is 5.10 Å². The number of benzene rings is 1. The molecular weight excluding hydrogens is 363 g/mol. The molecular formula is C17H18Cl2N4O2. The van der Waals surface area contributed by atoms with E-state index < -0.39 is 12.1 Å². The van der Waals surface area contributed by atoms with Gasteiger partial charge in [0.15, 0.2) is 0 Å². The van der Waals surface area contributed by atoms with Gasteiger partial charge in [-0.3, -0.25) is 14.4 Å². The molecule has 132 valence electrons. The molecule has 2 heterocycles. The van der Waals surface area contributed by atoms with Gasteiger partial charge < -0.3 is 5.32 Å². The summed E-state index contributed by atoms with van der Waals surface area (Å²) in [5.41, 5.74) is 1.46. The first-order chi connectivity index (χ1) is 11.8. The second-order valence-electron chi connectivity index (χ2n) is 6.29. The van der Waals surface area contributed by atoms with Crippen LogP contribution in [0.1, 0.15) is 31.1 Å². The summed E-state index contributed by atoms with van der Waals surface area (Å²) in [4.78, 5) is 25.9. The fourth-order valence-electron chi connectivity index (χ4n) is 2.74. The molecule has 1 aliphatic rings. The minimum Gasteiger partial charge on any atom is -0.325 e. The van der Waals surface area contributed by atoms with E-state index in [-0.39, 0.29) is 18.5 Å². The van der Waals surface area contributed by atoms with Crippen molar-refractivity contribution < 1.29 is 9.59 Å². The molecule has 25 heavy (non-hydrogen) atoms. The number of hydrogen-bond donors (Lipinski definition) is 1. The van der Waals surface area contributed by atoms with Crippen molar-refractivity contribution in [2.24, 2.45) is 0 Å². The maximum Gasteiger partial charge on any atom is 0.325 e. The molecule has 0 spiro atoms. The third-order valence-electron chi connectivity index (χ3n) is 3.98. The summed E-state index contributed by atoms with van der Waals surface area (Å²) in [7, 11) is 0. The largest absolute Gasteiger partial charge is 0.325 e. The van der Waals surface area contributed by atoms with Crippen molar-refractivity contribution in [3.05, 3.63) is 51.8 Å². The Hall–Kier alpha value is -2.05. The number of rotatable bonds is 5. The van der Waals surface area contributed by atoms with Crippen LogP contribution in [0.2, 0.25) is 10.0 Å². The number of aromatic nitrogens is 2. The van der Waals surface area contributed by atoms with Gasteiger partial charge in [-0.05, 0) is 43.7 Å². The van der Waals surface area contributed by atoms with Crippen LogP contribution in [0.4, 0.5) is 4.79 Å². The van der Waals surface area contributed by atoms with Crippen LogP contribution in [0.3, 0.4) is 0 Å². The lowest BCUT2D eigenvalue weighted by Crippen LogP contribution is -2.32. The number of nitrogens with zero attached hydrogens (tertiary/aromatic N) is 3. The summed E-state index contributed by atoms with van der Waals surface area (Å²) in [5.74, 6) is -0.278. The molecule has 2 aromatic rings. The van der Waals surface area contributed by atoms with Crippen LogP contribution < -0.4 is 5.32 Å². The normalized spacial score (nSPS) is 17.5. The van der Waals surface area contributed by atoms with Gasteiger partial charge in [0.2, 0.25) is 0 Å². The Morgan fingerprint density at radius 1 is 1.20 bits per heavy atom. The molecule has 1 saturated heterocycles. The highest BCUT2D eigenvalue weighted by atomic mass is 35.5. The summed E-state index contributed by atoms with van der Waals surface area (Å²) >= 11 is 12.0. The highest BCUT2D eigenvalue weighted by Crippen LogP contribution is 2.22. The van der Waals surface area contributed by atoms with Crippen LogP contribution in [-0.2, 0) is 17.8 Å².